The van der Waals surface area contributed by atoms with Gasteiger partial charge in [-0.3, -0.25) is 0 Å². The van der Waals surface area contributed by atoms with Crippen LogP contribution in [0, 0.1) is 0 Å². The molecule has 7 heteroatoms. The first kappa shape index (κ1) is 14.1. The number of carbonyl (C=O) groups is 2. The summed E-state index contributed by atoms with van der Waals surface area (Å²) in [5.41, 5.74) is 0. The number of carbonyl (C=O) groups excluding carboxylic acids is 1. The van der Waals surface area contributed by atoms with Crippen LogP contribution in [-0.4, -0.2) is 46.7 Å². The number of aromatic carboxylic acids is 1. The van der Waals surface area contributed by atoms with Gasteiger partial charge in [-0.25, -0.2) is 14.6 Å². The van der Waals surface area contributed by atoms with Crippen LogP contribution in [0.5, 0.6) is 0 Å². The van der Waals surface area contributed by atoms with E-state index in [1.54, 1.807) is 4.90 Å². The molecule has 1 aromatic rings. The number of oxazole rings is 1. The Balaban J connectivity index is 1.88. The Morgan fingerprint density at radius 3 is 2.80 bits per heavy atom. The summed E-state index contributed by atoms with van der Waals surface area (Å²) < 4.78 is 10.1. The van der Waals surface area contributed by atoms with Gasteiger partial charge in [-0.1, -0.05) is 12.7 Å². The second kappa shape index (κ2) is 6.23. The monoisotopic (exact) mass is 280 g/mol. The molecule has 0 saturated carbocycles. The van der Waals surface area contributed by atoms with Crippen molar-refractivity contribution >= 4 is 12.1 Å². The first-order valence-electron chi connectivity index (χ1n) is 6.33. The zero-order valence-corrected chi connectivity index (χ0v) is 10.9. The van der Waals surface area contributed by atoms with Gasteiger partial charge in [0.25, 0.3) is 0 Å². The minimum atomic E-state index is -1.13. The summed E-state index contributed by atoms with van der Waals surface area (Å²) in [5.74, 6) is -0.838. The van der Waals surface area contributed by atoms with E-state index in [1.807, 2.05) is 0 Å². The highest BCUT2D eigenvalue weighted by molar-refractivity contribution is 5.83. The van der Waals surface area contributed by atoms with Crippen molar-refractivity contribution in [1.82, 2.24) is 9.88 Å². The summed E-state index contributed by atoms with van der Waals surface area (Å²) in [7, 11) is 0. The van der Waals surface area contributed by atoms with Crippen LogP contribution in [0.3, 0.4) is 0 Å². The van der Waals surface area contributed by atoms with Crippen LogP contribution in [0.1, 0.15) is 35.2 Å². The molecule has 108 valence electrons. The van der Waals surface area contributed by atoms with Gasteiger partial charge in [-0.15, -0.1) is 0 Å². The van der Waals surface area contributed by atoms with Gasteiger partial charge in [-0.05, 0) is 12.8 Å². The van der Waals surface area contributed by atoms with Crippen LogP contribution in [0.4, 0.5) is 4.79 Å². The highest BCUT2D eigenvalue weighted by Gasteiger charge is 2.27. The molecule has 2 heterocycles. The number of likely N-dealkylation sites (tertiary alicyclic amines) is 1. The van der Waals surface area contributed by atoms with Crippen molar-refractivity contribution in [2.45, 2.75) is 18.8 Å². The van der Waals surface area contributed by atoms with Crippen molar-refractivity contribution in [3.63, 3.8) is 0 Å². The predicted octanol–water partition coefficient (Wildman–Crippen LogP) is 1.87. The number of aromatic nitrogens is 1. The van der Waals surface area contributed by atoms with Crippen molar-refractivity contribution in [3.8, 4) is 0 Å². The van der Waals surface area contributed by atoms with E-state index in [2.05, 4.69) is 11.6 Å². The molecule has 0 radical (unpaired) electrons. The molecule has 0 spiro atoms. The van der Waals surface area contributed by atoms with Crippen LogP contribution in [0.15, 0.2) is 23.3 Å². The molecular weight excluding hydrogens is 264 g/mol. The van der Waals surface area contributed by atoms with Gasteiger partial charge in [0, 0.05) is 19.0 Å². The molecule has 20 heavy (non-hydrogen) atoms. The lowest BCUT2D eigenvalue weighted by atomic mass is 9.97. The standard InChI is InChI=1S/C13H16N2O5/c1-2-7-19-13(18)15-5-3-9(4-6-15)11-14-8-10(20-11)12(16)17/h2,8-9H,1,3-7H2,(H,16,17). The van der Waals surface area contributed by atoms with Gasteiger partial charge < -0.3 is 19.2 Å². The highest BCUT2D eigenvalue weighted by atomic mass is 16.6. The number of piperidine rings is 1. The van der Waals surface area contributed by atoms with Gasteiger partial charge in [0.2, 0.25) is 5.76 Å². The molecule has 1 amide bonds. The van der Waals surface area contributed by atoms with Crippen LogP contribution in [0.25, 0.3) is 0 Å². The number of hydrogen-bond donors (Lipinski definition) is 1. The quantitative estimate of drug-likeness (QED) is 0.846. The van der Waals surface area contributed by atoms with E-state index >= 15 is 0 Å². The molecule has 1 saturated heterocycles. The molecule has 1 N–H and O–H groups in total. The molecule has 1 aromatic heterocycles. The van der Waals surface area contributed by atoms with E-state index in [4.69, 9.17) is 14.3 Å². The fraction of sp³-hybridized carbons (Fsp3) is 0.462. The Kier molecular flexibility index (Phi) is 4.39. The molecular formula is C13H16N2O5. The van der Waals surface area contributed by atoms with Crippen LogP contribution < -0.4 is 0 Å². The molecule has 0 aromatic carbocycles. The predicted molar refractivity (Wildman–Crippen MR) is 68.6 cm³/mol. The number of hydrogen-bond acceptors (Lipinski definition) is 5. The number of amides is 1. The summed E-state index contributed by atoms with van der Waals surface area (Å²) >= 11 is 0. The molecule has 1 aliphatic rings. The maximum absolute atomic E-state index is 11.6. The Bertz CT molecular complexity index is 503. The van der Waals surface area contributed by atoms with Crippen molar-refractivity contribution in [2.24, 2.45) is 0 Å². The van der Waals surface area contributed by atoms with E-state index in [0.717, 1.165) is 0 Å². The van der Waals surface area contributed by atoms with E-state index in [1.165, 1.54) is 12.3 Å². The summed E-state index contributed by atoms with van der Waals surface area (Å²) in [6.45, 7) is 4.74. The van der Waals surface area contributed by atoms with Crippen LogP contribution in [-0.2, 0) is 4.74 Å². The zero-order chi connectivity index (χ0) is 14.5. The maximum atomic E-state index is 11.6. The minimum Gasteiger partial charge on any atom is -0.475 e. The summed E-state index contributed by atoms with van der Waals surface area (Å²) in [5, 5.41) is 8.78. The zero-order valence-electron chi connectivity index (χ0n) is 10.9. The SMILES string of the molecule is C=CCOC(=O)N1CCC(c2ncc(C(=O)O)o2)CC1. The van der Waals surface area contributed by atoms with Gasteiger partial charge >= 0.3 is 12.1 Å². The number of nitrogens with zero attached hydrogens (tertiary/aromatic N) is 2. The Hall–Kier alpha value is -2.31. The normalized spacial score (nSPS) is 15.9. The molecule has 0 aliphatic carbocycles. The smallest absolute Gasteiger partial charge is 0.410 e. The summed E-state index contributed by atoms with van der Waals surface area (Å²) in [6.07, 6.45) is 3.71. The molecule has 1 aliphatic heterocycles. The topological polar surface area (TPSA) is 92.9 Å². The fourth-order valence-electron chi connectivity index (χ4n) is 2.11. The van der Waals surface area contributed by atoms with Gasteiger partial charge in [0.1, 0.15) is 6.61 Å². The molecule has 0 atom stereocenters. The van der Waals surface area contributed by atoms with Gasteiger partial charge in [0.15, 0.2) is 5.89 Å². The Labute approximate surface area is 115 Å². The van der Waals surface area contributed by atoms with E-state index in [0.29, 0.717) is 31.8 Å². The fourth-order valence-corrected chi connectivity index (χ4v) is 2.11. The van der Waals surface area contributed by atoms with Crippen molar-refractivity contribution in [2.75, 3.05) is 19.7 Å². The van der Waals surface area contributed by atoms with Crippen molar-refractivity contribution in [3.05, 3.63) is 30.5 Å². The Morgan fingerprint density at radius 2 is 2.25 bits per heavy atom. The number of carboxylic acid groups (broad SMARTS) is 1. The maximum Gasteiger partial charge on any atom is 0.410 e. The van der Waals surface area contributed by atoms with Crippen molar-refractivity contribution in [1.29, 1.82) is 0 Å². The third-order valence-corrected chi connectivity index (χ3v) is 3.16. The average Bonchev–Trinajstić information content (AvgIpc) is 2.95. The highest BCUT2D eigenvalue weighted by Crippen LogP contribution is 2.27. The number of rotatable bonds is 4. The third kappa shape index (κ3) is 3.17. The molecule has 7 nitrogen and oxygen atoms in total. The summed E-state index contributed by atoms with van der Waals surface area (Å²) in [4.78, 5) is 28.0. The third-order valence-electron chi connectivity index (χ3n) is 3.16. The van der Waals surface area contributed by atoms with Crippen LogP contribution in [0.2, 0.25) is 0 Å². The molecule has 0 unspecified atom stereocenters. The largest absolute Gasteiger partial charge is 0.475 e. The number of carboxylic acids is 1. The lowest BCUT2D eigenvalue weighted by molar-refractivity contribution is 0.0658. The second-order valence-electron chi connectivity index (χ2n) is 4.49. The van der Waals surface area contributed by atoms with Crippen LogP contribution >= 0.6 is 0 Å². The minimum absolute atomic E-state index is 0.0338. The number of ether oxygens (including phenoxy) is 1. The van der Waals surface area contributed by atoms with Crippen molar-refractivity contribution < 1.29 is 23.8 Å². The molecule has 1 fully saturated rings. The van der Waals surface area contributed by atoms with Gasteiger partial charge in [0.05, 0.1) is 6.20 Å². The lowest BCUT2D eigenvalue weighted by Gasteiger charge is -2.29. The van der Waals surface area contributed by atoms with Gasteiger partial charge in [-0.2, -0.15) is 0 Å². The second-order valence-corrected chi connectivity index (χ2v) is 4.49. The van der Waals surface area contributed by atoms with E-state index in [9.17, 15) is 9.59 Å². The first-order chi connectivity index (χ1) is 9.61. The molecule has 0 bridgehead atoms. The average molecular weight is 280 g/mol. The Morgan fingerprint density at radius 1 is 1.55 bits per heavy atom. The molecule has 2 rings (SSSR count). The van der Waals surface area contributed by atoms with E-state index < -0.39 is 5.97 Å². The first-order valence-corrected chi connectivity index (χ1v) is 6.33. The lowest BCUT2D eigenvalue weighted by Crippen LogP contribution is -2.38. The summed E-state index contributed by atoms with van der Waals surface area (Å²) in [6, 6.07) is 0. The van der Waals surface area contributed by atoms with E-state index in [-0.39, 0.29) is 24.4 Å².